The van der Waals surface area contributed by atoms with Crippen LogP contribution in [0.3, 0.4) is 0 Å². The lowest BCUT2D eigenvalue weighted by molar-refractivity contribution is -0.119. The molecule has 3 aliphatic carbocycles. The molecule has 29 nitrogen and oxygen atoms in total. The lowest BCUT2D eigenvalue weighted by atomic mass is 9.87. The molecular weight excluding hydrogens is 1700 g/mol. The maximum absolute atomic E-state index is 13.6. The van der Waals surface area contributed by atoms with Crippen molar-refractivity contribution in [2.45, 2.75) is 225 Å². The standard InChI is InChI=1S/C25H31F2N3O3.C24H25F2N5O4.C24H29F2N3O4.C21H26FN3O4/c1-14-5-7-18(8-6-14)28-25(33)23(31)22-16(3)21(17(4)30(22)12-11-26)24(32)29-19-9-10-20(27)15(2)13-19;1-12-11-16(5-6-17(12)26)27-21(33)18-13(2)19(31(10-9-25)14(18)3)20(32)22(34)28-24(7-8-24)23-30-29-15(4)35-23;1-12-5-8-18(21(12)30)28-24(33)22(31)20-14(3)19(15(4)29(20)10-9-25)23(32)27-16-6-7-17(26)13(2)11-16;1-10-9-15(7-8-16(10)22)24-20(28)17-11(2)18(25(6)13(17)4)19(27)21(29)23-12(3)14(5)26/h9-10,13-14,18H,5-8,11-12H2,1-4H3,(H,28,33)(H,29,32);5-6,11H,7-10H2,1-4H3,(H,27,33)(H,28,34);6-7,11-12,18,21,30H,5,8-10H2,1-4H3,(H,27,32)(H,28,33);7-9,12,14,26H,1-6H3,(H,23,29)(H,24,28)/t;;12-,18-,21+;12-,14-/m..11/s1. The Balaban J connectivity index is 0.000000196. The zero-order chi connectivity index (χ0) is 96.3. The van der Waals surface area contributed by atoms with Gasteiger partial charge in [-0.3, -0.25) is 57.5 Å². The molecule has 3 fully saturated rings. The molecule has 130 heavy (non-hydrogen) atoms. The first-order chi connectivity index (χ1) is 61.2. The summed E-state index contributed by atoms with van der Waals surface area (Å²) in [5.74, 6) is -9.29. The summed E-state index contributed by atoms with van der Waals surface area (Å²) in [6.45, 7) is 24.8. The highest BCUT2D eigenvalue weighted by atomic mass is 19.2. The number of anilines is 4. The molecular formula is C94H111F7N14O15. The molecule has 9 aromatic rings. The molecule has 12 rings (SSSR count). The number of hydrogen-bond acceptors (Lipinski definition) is 17. The number of aryl methyl sites for hydroxylation is 5. The van der Waals surface area contributed by atoms with Crippen LogP contribution >= 0.6 is 0 Å². The van der Waals surface area contributed by atoms with Crippen molar-refractivity contribution < 1.29 is 103 Å². The molecule has 0 spiro atoms. The molecule has 696 valence electrons. The highest BCUT2D eigenvalue weighted by Crippen LogP contribution is 2.45. The van der Waals surface area contributed by atoms with Crippen LogP contribution in [0.4, 0.5) is 53.5 Å². The monoisotopic (exact) mass is 1810 g/mol. The quantitative estimate of drug-likeness (QED) is 0.0124. The Morgan fingerprint density at radius 2 is 0.792 bits per heavy atom. The first-order valence-electron chi connectivity index (χ1n) is 42.5. The summed E-state index contributed by atoms with van der Waals surface area (Å²) in [7, 11) is 1.60. The van der Waals surface area contributed by atoms with Crippen LogP contribution in [0.1, 0.15) is 242 Å². The van der Waals surface area contributed by atoms with E-state index < -0.39 is 132 Å². The fraction of sp³-hybridized carbons (Fsp3) is 0.426. The van der Waals surface area contributed by atoms with Crippen LogP contribution in [0, 0.1) is 125 Å². The number of aliphatic hydroxyl groups is 2. The zero-order valence-electron chi connectivity index (χ0n) is 75.9. The molecule has 0 aliphatic heterocycles. The summed E-state index contributed by atoms with van der Waals surface area (Å²) < 4.78 is 105. The van der Waals surface area contributed by atoms with Crippen molar-refractivity contribution in [1.82, 2.24) is 49.7 Å². The SMILES string of the molecule is Cc1cc(NC(=O)c2c(C)c(C(=O)C(=O)NC3CCC(C)CC3)n(CCF)c2C)ccc1F.Cc1cc(NC(=O)c2c(C)c(C(=O)C(=O)N[C@@H]3CC[C@@H](C)[C@@H]3O)n(CCF)c2C)ccc1F.Cc1cc(NC(=O)c2c(C)c(C(=O)C(=O)N[C@H](C)[C@@H](C)O)n(C)c2C)ccc1F.Cc1nnc(C2(NC(=O)C(=O)c3c(C)c(C(=O)Nc4ccc(F)c(C)c4)c(C)n3CCF)CC2)o1. The first kappa shape index (κ1) is 101. The summed E-state index contributed by atoms with van der Waals surface area (Å²) in [5, 5.41) is 48.7. The largest absolute Gasteiger partial charge is 0.423 e. The molecule has 36 heteroatoms. The van der Waals surface area contributed by atoms with Gasteiger partial charge in [0.2, 0.25) is 11.8 Å². The van der Waals surface area contributed by atoms with E-state index in [1.807, 2.05) is 6.92 Å². The number of carbonyl (C=O) groups excluding carboxylic acids is 12. The van der Waals surface area contributed by atoms with Crippen LogP contribution in [0.2, 0.25) is 0 Å². The van der Waals surface area contributed by atoms with Crippen molar-refractivity contribution in [1.29, 1.82) is 0 Å². The van der Waals surface area contributed by atoms with Crippen molar-refractivity contribution in [2.75, 3.05) is 41.3 Å². The minimum atomic E-state index is -0.917. The minimum Gasteiger partial charge on any atom is -0.423 e. The van der Waals surface area contributed by atoms with Gasteiger partial charge in [0.05, 0.1) is 89.0 Å². The number of Topliss-reactive ketones (excluding diaryl/α,β-unsaturated/α-hetero) is 4. The van der Waals surface area contributed by atoms with E-state index in [1.54, 1.807) is 90.1 Å². The second-order valence-corrected chi connectivity index (χ2v) is 33.5. The van der Waals surface area contributed by atoms with E-state index in [2.05, 4.69) is 59.7 Å². The van der Waals surface area contributed by atoms with Crippen molar-refractivity contribution in [3.05, 3.63) is 220 Å². The zero-order valence-corrected chi connectivity index (χ0v) is 75.9. The predicted octanol–water partition coefficient (Wildman–Crippen LogP) is 13.7. The van der Waals surface area contributed by atoms with Gasteiger partial charge in [-0.25, -0.2) is 30.7 Å². The van der Waals surface area contributed by atoms with Crippen LogP contribution in [0.25, 0.3) is 0 Å². The molecule has 4 aromatic carbocycles. The molecule has 0 unspecified atom stereocenters. The van der Waals surface area contributed by atoms with Crippen molar-refractivity contribution in [3.8, 4) is 0 Å². The predicted molar refractivity (Wildman–Crippen MR) is 471 cm³/mol. The highest BCUT2D eigenvalue weighted by molar-refractivity contribution is 6.45. The topological polar surface area (TPSA) is 400 Å². The Morgan fingerprint density at radius 3 is 1.11 bits per heavy atom. The van der Waals surface area contributed by atoms with E-state index >= 15 is 0 Å². The third kappa shape index (κ3) is 22.8. The average molecular weight is 1810 g/mol. The van der Waals surface area contributed by atoms with E-state index in [4.69, 9.17) is 4.42 Å². The van der Waals surface area contributed by atoms with E-state index in [-0.39, 0.29) is 105 Å². The molecule has 5 atom stereocenters. The van der Waals surface area contributed by atoms with Gasteiger partial charge in [0.1, 0.15) is 48.8 Å². The number of amides is 8. The van der Waals surface area contributed by atoms with Gasteiger partial charge < -0.3 is 75.4 Å². The van der Waals surface area contributed by atoms with Crippen molar-refractivity contribution >= 4 is 93.1 Å². The van der Waals surface area contributed by atoms with Gasteiger partial charge in [-0.15, -0.1) is 10.2 Å². The summed E-state index contributed by atoms with van der Waals surface area (Å²) in [5.41, 5.74) is 5.61. The fourth-order valence-corrected chi connectivity index (χ4v) is 16.3. The summed E-state index contributed by atoms with van der Waals surface area (Å²) in [4.78, 5) is 155. The van der Waals surface area contributed by atoms with Crippen LogP contribution in [-0.2, 0) is 51.4 Å². The summed E-state index contributed by atoms with van der Waals surface area (Å²) >= 11 is 0. The number of rotatable bonds is 28. The summed E-state index contributed by atoms with van der Waals surface area (Å²) in [6, 6.07) is 15.5. The number of aromatic nitrogens is 6. The molecule has 10 N–H and O–H groups in total. The third-order valence-electron chi connectivity index (χ3n) is 24.1. The number of hydrogen-bond donors (Lipinski definition) is 10. The number of halogens is 7. The van der Waals surface area contributed by atoms with Crippen LogP contribution in [0.5, 0.6) is 0 Å². The lowest BCUT2D eigenvalue weighted by Crippen LogP contribution is -2.44. The third-order valence-corrected chi connectivity index (χ3v) is 24.1. The Labute approximate surface area is 747 Å². The molecule has 3 saturated carbocycles. The Bertz CT molecular complexity index is 5890. The fourth-order valence-electron chi connectivity index (χ4n) is 16.3. The first-order valence-corrected chi connectivity index (χ1v) is 42.5. The smallest absolute Gasteiger partial charge is 0.294 e. The molecule has 0 bridgehead atoms. The number of nitrogens with zero attached hydrogens (tertiary/aromatic N) is 6. The molecule has 8 amide bonds. The Hall–Kier alpha value is -13.0. The highest BCUT2D eigenvalue weighted by Gasteiger charge is 2.52. The minimum absolute atomic E-state index is 0.00942. The lowest BCUT2D eigenvalue weighted by Gasteiger charge is -2.26. The number of alkyl halides is 3. The van der Waals surface area contributed by atoms with E-state index in [0.29, 0.717) is 110 Å². The molecule has 0 radical (unpaired) electrons. The average Bonchev–Trinajstić information content (AvgIpc) is 1.65. The van der Waals surface area contributed by atoms with Crippen molar-refractivity contribution in [3.63, 3.8) is 0 Å². The Morgan fingerprint density at radius 1 is 0.454 bits per heavy atom. The molecule has 3 aliphatic rings. The number of benzene rings is 4. The maximum Gasteiger partial charge on any atom is 0.294 e. The van der Waals surface area contributed by atoms with Gasteiger partial charge in [0, 0.05) is 65.5 Å². The van der Waals surface area contributed by atoms with E-state index in [9.17, 15) is 98.5 Å². The van der Waals surface area contributed by atoms with Gasteiger partial charge in [-0.1, -0.05) is 13.8 Å². The van der Waals surface area contributed by atoms with E-state index in [0.717, 1.165) is 32.1 Å². The van der Waals surface area contributed by atoms with Crippen LogP contribution in [0.15, 0.2) is 77.2 Å². The molecule has 5 heterocycles. The Kier molecular flexibility index (Phi) is 33.3. The normalized spacial score (nSPS) is 16.3. The van der Waals surface area contributed by atoms with Gasteiger partial charge in [-0.05, 0) is 277 Å². The van der Waals surface area contributed by atoms with Gasteiger partial charge in [0.15, 0.2) is 0 Å². The van der Waals surface area contributed by atoms with Gasteiger partial charge in [0.25, 0.3) is 70.4 Å². The van der Waals surface area contributed by atoms with E-state index in [1.165, 1.54) is 112 Å². The second-order valence-electron chi connectivity index (χ2n) is 33.5. The summed E-state index contributed by atoms with van der Waals surface area (Å²) in [6.07, 6.45) is 4.38. The van der Waals surface area contributed by atoms with Crippen LogP contribution < -0.4 is 42.5 Å². The van der Waals surface area contributed by atoms with Gasteiger partial charge in [-0.2, -0.15) is 0 Å². The van der Waals surface area contributed by atoms with Gasteiger partial charge >= 0.3 is 0 Å². The van der Waals surface area contributed by atoms with Crippen LogP contribution in [-0.4, -0.2) is 159 Å². The molecule has 0 saturated heterocycles. The number of carbonyl (C=O) groups is 12. The second kappa shape index (κ2) is 43.0. The maximum atomic E-state index is 13.6. The van der Waals surface area contributed by atoms with Crippen molar-refractivity contribution in [2.24, 2.45) is 18.9 Å². The number of nitrogens with one attached hydrogen (secondary N) is 8. The number of aliphatic hydroxyl groups excluding tert-OH is 2. The number of ketones is 4. The molecule has 5 aromatic heterocycles.